The molecule has 1 N–H and O–H groups in total. The second-order valence-electron chi connectivity index (χ2n) is 5.04. The fourth-order valence-electron chi connectivity index (χ4n) is 1.84. The number of benzene rings is 1. The van der Waals surface area contributed by atoms with Gasteiger partial charge in [-0.1, -0.05) is 48.0 Å². The lowest BCUT2D eigenvalue weighted by atomic mass is 10.0. The van der Waals surface area contributed by atoms with Gasteiger partial charge >= 0.3 is 5.97 Å². The van der Waals surface area contributed by atoms with Crippen LogP contribution in [0.5, 0.6) is 0 Å². The van der Waals surface area contributed by atoms with E-state index in [1.807, 2.05) is 38.1 Å². The van der Waals surface area contributed by atoms with Gasteiger partial charge in [0.25, 0.3) is 0 Å². The summed E-state index contributed by atoms with van der Waals surface area (Å²) in [5.41, 5.74) is 0.952. The van der Waals surface area contributed by atoms with E-state index in [2.05, 4.69) is 21.2 Å². The molecule has 0 radical (unpaired) electrons. The number of rotatable bonds is 6. The molecule has 0 unspecified atom stereocenters. The van der Waals surface area contributed by atoms with Crippen LogP contribution in [-0.4, -0.2) is 25.0 Å². The Labute approximate surface area is 128 Å². The molecule has 0 fully saturated rings. The largest absolute Gasteiger partial charge is 0.467 e. The Kier molecular flexibility index (Phi) is 6.71. The number of nitrogens with one attached hydrogen (secondary N) is 1. The maximum atomic E-state index is 11.8. The molecular weight excluding hydrogens is 322 g/mol. The van der Waals surface area contributed by atoms with Crippen molar-refractivity contribution in [2.45, 2.75) is 32.7 Å². The molecule has 20 heavy (non-hydrogen) atoms. The van der Waals surface area contributed by atoms with Crippen LogP contribution in [0, 0.1) is 5.92 Å². The Balaban J connectivity index is 2.78. The zero-order chi connectivity index (χ0) is 15.1. The van der Waals surface area contributed by atoms with Gasteiger partial charge in [0.1, 0.15) is 6.04 Å². The summed E-state index contributed by atoms with van der Waals surface area (Å²) in [6.45, 7) is 3.92. The van der Waals surface area contributed by atoms with Crippen LogP contribution in [0.15, 0.2) is 28.7 Å². The minimum atomic E-state index is -0.662. The SMILES string of the molecule is COC(=O)[C@H](Cc1ccccc1Br)NC(=O)CC(C)C. The maximum Gasteiger partial charge on any atom is 0.328 e. The molecule has 1 amide bonds. The van der Waals surface area contributed by atoms with E-state index in [0.717, 1.165) is 10.0 Å². The van der Waals surface area contributed by atoms with Crippen molar-refractivity contribution in [1.82, 2.24) is 5.32 Å². The second-order valence-corrected chi connectivity index (χ2v) is 5.89. The summed E-state index contributed by atoms with van der Waals surface area (Å²) >= 11 is 3.44. The number of hydrogen-bond acceptors (Lipinski definition) is 3. The van der Waals surface area contributed by atoms with Crippen LogP contribution in [0.25, 0.3) is 0 Å². The van der Waals surface area contributed by atoms with Crippen molar-refractivity contribution >= 4 is 27.8 Å². The van der Waals surface area contributed by atoms with Gasteiger partial charge in [-0.2, -0.15) is 0 Å². The molecule has 0 heterocycles. The molecule has 0 bridgehead atoms. The second kappa shape index (κ2) is 8.04. The number of amides is 1. The van der Waals surface area contributed by atoms with Crippen molar-refractivity contribution < 1.29 is 14.3 Å². The van der Waals surface area contributed by atoms with Crippen LogP contribution >= 0.6 is 15.9 Å². The normalized spacial score (nSPS) is 12.1. The summed E-state index contributed by atoms with van der Waals surface area (Å²) in [5, 5.41) is 2.74. The number of hydrogen-bond donors (Lipinski definition) is 1. The Morgan fingerprint density at radius 2 is 1.95 bits per heavy atom. The summed E-state index contributed by atoms with van der Waals surface area (Å²) in [7, 11) is 1.32. The highest BCUT2D eigenvalue weighted by Gasteiger charge is 2.22. The van der Waals surface area contributed by atoms with Crippen LogP contribution in [-0.2, 0) is 20.7 Å². The fraction of sp³-hybridized carbons (Fsp3) is 0.467. The lowest BCUT2D eigenvalue weighted by molar-refractivity contribution is -0.145. The summed E-state index contributed by atoms with van der Waals surface area (Å²) < 4.78 is 5.67. The van der Waals surface area contributed by atoms with Gasteiger partial charge in [0.15, 0.2) is 0 Å². The molecule has 0 saturated carbocycles. The van der Waals surface area contributed by atoms with Crippen molar-refractivity contribution in [1.29, 1.82) is 0 Å². The first-order valence-corrected chi connectivity index (χ1v) is 7.34. The maximum absolute atomic E-state index is 11.8. The highest BCUT2D eigenvalue weighted by molar-refractivity contribution is 9.10. The molecule has 5 heteroatoms. The van der Waals surface area contributed by atoms with Crippen LogP contribution in [0.2, 0.25) is 0 Å². The topological polar surface area (TPSA) is 55.4 Å². The third-order valence-corrected chi connectivity index (χ3v) is 3.57. The van der Waals surface area contributed by atoms with Crippen LogP contribution in [0.1, 0.15) is 25.8 Å². The van der Waals surface area contributed by atoms with Crippen LogP contribution < -0.4 is 5.32 Å². The number of esters is 1. The molecule has 1 aromatic rings. The smallest absolute Gasteiger partial charge is 0.328 e. The minimum Gasteiger partial charge on any atom is -0.467 e. The van der Waals surface area contributed by atoms with Crippen LogP contribution in [0.4, 0.5) is 0 Å². The highest BCUT2D eigenvalue weighted by Crippen LogP contribution is 2.18. The van der Waals surface area contributed by atoms with Crippen molar-refractivity contribution in [3.05, 3.63) is 34.3 Å². The van der Waals surface area contributed by atoms with Gasteiger partial charge in [-0.05, 0) is 17.5 Å². The molecule has 0 saturated heterocycles. The van der Waals surface area contributed by atoms with E-state index >= 15 is 0 Å². The first kappa shape index (κ1) is 16.7. The van der Waals surface area contributed by atoms with Crippen LogP contribution in [0.3, 0.4) is 0 Å². The van der Waals surface area contributed by atoms with E-state index in [1.54, 1.807) is 0 Å². The Bertz CT molecular complexity index is 474. The van der Waals surface area contributed by atoms with Gasteiger partial charge < -0.3 is 10.1 Å². The predicted octanol–water partition coefficient (Wildman–Crippen LogP) is 2.70. The molecule has 0 aliphatic rings. The summed E-state index contributed by atoms with van der Waals surface area (Å²) in [6, 6.07) is 6.95. The standard InChI is InChI=1S/C15H20BrNO3/c1-10(2)8-14(18)17-13(15(19)20-3)9-11-6-4-5-7-12(11)16/h4-7,10,13H,8-9H2,1-3H3,(H,17,18)/t13-/m0/s1. The number of carbonyl (C=O) groups excluding carboxylic acids is 2. The van der Waals surface area contributed by atoms with Gasteiger partial charge in [0.05, 0.1) is 7.11 Å². The van der Waals surface area contributed by atoms with Crippen molar-refractivity contribution in [3.8, 4) is 0 Å². The number of methoxy groups -OCH3 is 1. The van der Waals surface area contributed by atoms with E-state index in [4.69, 9.17) is 4.74 Å². The third-order valence-electron chi connectivity index (χ3n) is 2.80. The fourth-order valence-corrected chi connectivity index (χ4v) is 2.29. The molecule has 110 valence electrons. The number of carbonyl (C=O) groups is 2. The van der Waals surface area contributed by atoms with E-state index in [0.29, 0.717) is 12.8 Å². The highest BCUT2D eigenvalue weighted by atomic mass is 79.9. The Hall–Kier alpha value is -1.36. The molecular formula is C15H20BrNO3. The predicted molar refractivity (Wildman–Crippen MR) is 81.2 cm³/mol. The van der Waals surface area contributed by atoms with E-state index in [1.165, 1.54) is 7.11 Å². The minimum absolute atomic E-state index is 0.137. The quantitative estimate of drug-likeness (QED) is 0.809. The average Bonchev–Trinajstić information content (AvgIpc) is 2.38. The summed E-state index contributed by atoms with van der Waals surface area (Å²) in [6.07, 6.45) is 0.793. The molecule has 0 aromatic heterocycles. The molecule has 4 nitrogen and oxygen atoms in total. The van der Waals surface area contributed by atoms with Gasteiger partial charge in [-0.15, -0.1) is 0 Å². The van der Waals surface area contributed by atoms with Gasteiger partial charge in [-0.25, -0.2) is 4.79 Å². The molecule has 0 aliphatic carbocycles. The number of halogens is 1. The average molecular weight is 342 g/mol. The van der Waals surface area contributed by atoms with Gasteiger partial charge in [0, 0.05) is 17.3 Å². The Morgan fingerprint density at radius 3 is 2.50 bits per heavy atom. The first-order valence-electron chi connectivity index (χ1n) is 6.54. The summed E-state index contributed by atoms with van der Waals surface area (Å²) in [5.74, 6) is -0.322. The van der Waals surface area contributed by atoms with Crippen molar-refractivity contribution in [3.63, 3.8) is 0 Å². The monoisotopic (exact) mass is 341 g/mol. The third kappa shape index (κ3) is 5.33. The van der Waals surface area contributed by atoms with Gasteiger partial charge in [0.2, 0.25) is 5.91 Å². The van der Waals surface area contributed by atoms with Gasteiger partial charge in [-0.3, -0.25) is 4.79 Å². The molecule has 0 aliphatic heterocycles. The molecule has 1 aromatic carbocycles. The molecule has 0 spiro atoms. The lowest BCUT2D eigenvalue weighted by Gasteiger charge is -2.18. The van der Waals surface area contributed by atoms with E-state index in [9.17, 15) is 9.59 Å². The molecule has 1 rings (SSSR count). The zero-order valence-corrected chi connectivity index (χ0v) is 13.6. The lowest BCUT2D eigenvalue weighted by Crippen LogP contribution is -2.43. The van der Waals surface area contributed by atoms with E-state index < -0.39 is 12.0 Å². The van der Waals surface area contributed by atoms with E-state index in [-0.39, 0.29) is 11.8 Å². The summed E-state index contributed by atoms with van der Waals surface area (Å²) in [4.78, 5) is 23.6. The number of ether oxygens (including phenoxy) is 1. The Morgan fingerprint density at radius 1 is 1.30 bits per heavy atom. The van der Waals surface area contributed by atoms with Crippen molar-refractivity contribution in [2.24, 2.45) is 5.92 Å². The molecule has 1 atom stereocenters. The first-order chi connectivity index (χ1) is 9.43. The zero-order valence-electron chi connectivity index (χ0n) is 12.0. The van der Waals surface area contributed by atoms with Crippen molar-refractivity contribution in [2.75, 3.05) is 7.11 Å².